The Kier molecular flexibility index (Phi) is 21.0. The number of fused-ring (bicyclic) bond motifs is 1. The Bertz CT molecular complexity index is 1820. The first kappa shape index (κ1) is 46.3. The molecule has 7 N–H and O–H groups in total. The molecule has 0 spiro atoms. The highest BCUT2D eigenvalue weighted by Crippen LogP contribution is 2.12. The number of H-pyrrole nitrogens is 1. The minimum absolute atomic E-state index is 0.00253. The lowest BCUT2D eigenvalue weighted by Crippen LogP contribution is -2.42. The Morgan fingerprint density at radius 2 is 1.44 bits per heavy atom. The summed E-state index contributed by atoms with van der Waals surface area (Å²) in [6.45, 7) is 2.86. The molecule has 0 fully saturated rings. The monoisotopic (exact) mass is 821 g/mol. The van der Waals surface area contributed by atoms with Crippen LogP contribution in [-0.4, -0.2) is 149 Å². The van der Waals surface area contributed by atoms with E-state index in [-0.39, 0.29) is 99.5 Å². The molecule has 0 radical (unpaired) electrons. The second kappa shape index (κ2) is 25.9. The number of aliphatic carboxylic acids is 2. The lowest BCUT2D eigenvalue weighted by atomic mass is 10.0. The zero-order valence-electron chi connectivity index (χ0n) is 31.3. The van der Waals surface area contributed by atoms with Crippen molar-refractivity contribution in [3.8, 4) is 0 Å². The Labute approximate surface area is 332 Å². The lowest BCUT2D eigenvalue weighted by Gasteiger charge is -2.13. The van der Waals surface area contributed by atoms with Crippen LogP contribution in [0.5, 0.6) is 0 Å². The van der Waals surface area contributed by atoms with Crippen LogP contribution in [0.2, 0.25) is 0 Å². The molecular weight excluding hydrogens is 772 g/mol. The molecule has 312 valence electrons. The maximum absolute atomic E-state index is 12.7. The number of ketones is 1. The van der Waals surface area contributed by atoms with Crippen LogP contribution in [0.4, 0.5) is 11.6 Å². The summed E-state index contributed by atoms with van der Waals surface area (Å²) in [5, 5.41) is 24.1. The highest BCUT2D eigenvalue weighted by atomic mass is 32.1. The molecule has 22 heteroatoms. The van der Waals surface area contributed by atoms with Gasteiger partial charge < -0.3 is 50.3 Å². The van der Waals surface area contributed by atoms with E-state index in [4.69, 9.17) is 34.5 Å². The number of aromatic nitrogens is 4. The van der Waals surface area contributed by atoms with E-state index in [1.165, 1.54) is 18.3 Å². The molecule has 0 aliphatic rings. The number of nitrogens with zero attached hydrogens (tertiary/aromatic N) is 4. The number of carbonyl (C=O) groups is 4. The van der Waals surface area contributed by atoms with Gasteiger partial charge in [0.15, 0.2) is 17.7 Å². The number of carboxylic acids is 2. The Balaban J connectivity index is 1.17. The largest absolute Gasteiger partial charge is 0.481 e. The molecule has 0 saturated heterocycles. The van der Waals surface area contributed by atoms with Gasteiger partial charge in [0.1, 0.15) is 18.4 Å². The number of nitrogens with one attached hydrogen (secondary N) is 3. The first-order valence-corrected chi connectivity index (χ1v) is 18.6. The standard InChI is InChI=1S/C35H48N8O13S/c36-35-41-30-29(32(46)42-35)39-26(21-38-30)20-37-25-3-1-23(2-4-25)31(45)40-28(34(49)50)5-7-43(51)8-10-53-12-14-55-16-18-56-17-15-54-13-11-52-9-6-27(44)19-24(22-57)33(47)48/h1-4,21,24,28,37H,5-20,22H2,(H6-,36,38,40,41,42,45,46,47,48,49,50,57)/p+1/t24-,28-/m0/s1. The number of hydrogen-bond acceptors (Lipinski definition) is 17. The third-order valence-corrected chi connectivity index (χ3v) is 8.36. The zero-order chi connectivity index (χ0) is 41.4. The highest BCUT2D eigenvalue weighted by Gasteiger charge is 2.24. The molecule has 0 aliphatic carbocycles. The average molecular weight is 822 g/mol. The predicted molar refractivity (Wildman–Crippen MR) is 206 cm³/mol. The Hall–Kier alpha value is -5.13. The van der Waals surface area contributed by atoms with Crippen LogP contribution >= 0.6 is 12.6 Å². The molecule has 0 saturated carbocycles. The SMILES string of the molecule is Nc1nc2ncc(CNc3ccc(C(=O)N[C@@H](CC[N+](=O)CCOCCOCCOCCOCCOCCC(=O)C[C@@H](CS)C(=O)O)C(=O)O)cc3)nc2c(=O)[nH]1. The molecule has 57 heavy (non-hydrogen) atoms. The minimum Gasteiger partial charge on any atom is -0.481 e. The van der Waals surface area contributed by atoms with E-state index in [1.807, 2.05) is 0 Å². The number of thiol groups is 1. The summed E-state index contributed by atoms with van der Waals surface area (Å²) < 4.78 is 27.6. The van der Waals surface area contributed by atoms with E-state index in [9.17, 15) is 34.0 Å². The molecule has 21 nitrogen and oxygen atoms in total. The molecule has 1 aromatic carbocycles. The van der Waals surface area contributed by atoms with Gasteiger partial charge in [-0.3, -0.25) is 24.2 Å². The van der Waals surface area contributed by atoms with Gasteiger partial charge in [0.25, 0.3) is 11.5 Å². The molecule has 0 unspecified atom stereocenters. The number of Topliss-reactive ketones (excluding diaryl/α,β-unsaturated/α-hetero) is 1. The first-order valence-electron chi connectivity index (χ1n) is 18.0. The van der Waals surface area contributed by atoms with Crippen LogP contribution in [0.15, 0.2) is 35.3 Å². The van der Waals surface area contributed by atoms with Crippen LogP contribution in [0.3, 0.4) is 0 Å². The second-order valence-electron chi connectivity index (χ2n) is 12.3. The average Bonchev–Trinajstić information content (AvgIpc) is 3.18. The van der Waals surface area contributed by atoms with E-state index >= 15 is 0 Å². The molecular formula is C35H49N8O13S+. The van der Waals surface area contributed by atoms with Gasteiger partial charge in [0, 0.05) is 45.9 Å². The summed E-state index contributed by atoms with van der Waals surface area (Å²) in [7, 11) is 0. The number of aromatic amines is 1. The third kappa shape index (κ3) is 18.1. The summed E-state index contributed by atoms with van der Waals surface area (Å²) in [5.41, 5.74) is 6.48. The molecule has 3 aromatic rings. The van der Waals surface area contributed by atoms with Crippen molar-refractivity contribution in [1.29, 1.82) is 0 Å². The van der Waals surface area contributed by atoms with Crippen molar-refractivity contribution < 1.29 is 57.8 Å². The first-order chi connectivity index (χ1) is 27.5. The molecule has 2 heterocycles. The van der Waals surface area contributed by atoms with E-state index in [2.05, 4.69) is 43.2 Å². The van der Waals surface area contributed by atoms with E-state index in [1.54, 1.807) is 12.1 Å². The van der Waals surface area contributed by atoms with Gasteiger partial charge in [-0.1, -0.05) is 0 Å². The van der Waals surface area contributed by atoms with Gasteiger partial charge >= 0.3 is 11.9 Å². The summed E-state index contributed by atoms with van der Waals surface area (Å²) in [6.07, 6.45) is 1.40. The second-order valence-corrected chi connectivity index (χ2v) is 12.6. The summed E-state index contributed by atoms with van der Waals surface area (Å²) in [4.78, 5) is 86.2. The van der Waals surface area contributed by atoms with Crippen molar-refractivity contribution in [3.05, 3.63) is 57.0 Å². The highest BCUT2D eigenvalue weighted by molar-refractivity contribution is 7.80. The van der Waals surface area contributed by atoms with Gasteiger partial charge in [-0.25, -0.2) is 14.8 Å². The number of nitrogen functional groups attached to an aromatic ring is 1. The Morgan fingerprint density at radius 1 is 0.842 bits per heavy atom. The van der Waals surface area contributed by atoms with Crippen molar-refractivity contribution >= 4 is 59.1 Å². The van der Waals surface area contributed by atoms with Gasteiger partial charge in [0.05, 0.1) is 83.8 Å². The van der Waals surface area contributed by atoms with Crippen LogP contribution in [0.1, 0.15) is 35.3 Å². The van der Waals surface area contributed by atoms with Crippen molar-refractivity contribution in [2.75, 3.05) is 96.0 Å². The van der Waals surface area contributed by atoms with Crippen LogP contribution < -0.4 is 21.9 Å². The number of carbonyl (C=O) groups excluding carboxylic acids is 2. The molecule has 1 amide bonds. The van der Waals surface area contributed by atoms with Crippen molar-refractivity contribution in [3.63, 3.8) is 0 Å². The number of hydrogen-bond donors (Lipinski definition) is 7. The van der Waals surface area contributed by atoms with E-state index in [0.29, 0.717) is 55.8 Å². The maximum atomic E-state index is 12.7. The van der Waals surface area contributed by atoms with Crippen LogP contribution in [0.25, 0.3) is 11.2 Å². The fourth-order valence-electron chi connectivity index (χ4n) is 4.81. The molecule has 2 aromatic heterocycles. The zero-order valence-corrected chi connectivity index (χ0v) is 32.2. The molecule has 0 aliphatic heterocycles. The number of ether oxygens (including phenoxy) is 5. The quantitative estimate of drug-likeness (QED) is 0.0261. The number of nitrogens with two attached hydrogens (primary N) is 1. The molecule has 0 bridgehead atoms. The smallest absolute Gasteiger partial charge is 0.326 e. The van der Waals surface area contributed by atoms with Gasteiger partial charge in [-0.15, -0.1) is 0 Å². The van der Waals surface area contributed by atoms with Gasteiger partial charge in [-0.05, 0) is 24.3 Å². The predicted octanol–water partition coefficient (Wildman–Crippen LogP) is 0.322. The van der Waals surface area contributed by atoms with Gasteiger partial charge in [-0.2, -0.15) is 17.6 Å². The third-order valence-electron chi connectivity index (χ3n) is 7.92. The fraction of sp³-hybridized carbons (Fsp3) is 0.543. The summed E-state index contributed by atoms with van der Waals surface area (Å²) in [5.74, 6) is -3.87. The van der Waals surface area contributed by atoms with Crippen molar-refractivity contribution in [1.82, 2.24) is 25.3 Å². The van der Waals surface area contributed by atoms with Crippen molar-refractivity contribution in [2.45, 2.75) is 31.8 Å². The van der Waals surface area contributed by atoms with Gasteiger partial charge in [0.2, 0.25) is 12.5 Å². The van der Waals surface area contributed by atoms with Crippen molar-refractivity contribution in [2.24, 2.45) is 5.92 Å². The molecule has 3 rings (SSSR count). The lowest BCUT2D eigenvalue weighted by molar-refractivity contribution is -0.551. The maximum Gasteiger partial charge on any atom is 0.326 e. The Morgan fingerprint density at radius 3 is 2.02 bits per heavy atom. The topological polar surface area (TPSA) is 297 Å². The molecule has 2 atom stereocenters. The summed E-state index contributed by atoms with van der Waals surface area (Å²) in [6, 6.07) is 4.97. The number of benzene rings is 1. The number of anilines is 2. The minimum atomic E-state index is -1.29. The number of amides is 1. The number of nitroso groups, excluding NO2 is 1. The fourth-order valence-corrected chi connectivity index (χ4v) is 5.10. The van der Waals surface area contributed by atoms with E-state index < -0.39 is 35.4 Å². The van der Waals surface area contributed by atoms with Crippen LogP contribution in [-0.2, 0) is 44.6 Å². The van der Waals surface area contributed by atoms with E-state index in [0.717, 1.165) is 0 Å². The normalized spacial score (nSPS) is 12.2. The summed E-state index contributed by atoms with van der Waals surface area (Å²) >= 11 is 3.94. The number of rotatable bonds is 31. The van der Waals surface area contributed by atoms with Crippen LogP contribution in [0, 0.1) is 10.8 Å². The number of carboxylic acid groups (broad SMARTS) is 2.